The highest BCUT2D eigenvalue weighted by atomic mass is 14.4. The molecule has 0 amide bonds. The second-order valence-corrected chi connectivity index (χ2v) is 4.39. The minimum Gasteiger partial charge on any atom is -0.0739 e. The number of hydrogen-bond acceptors (Lipinski definition) is 0. The summed E-state index contributed by atoms with van der Waals surface area (Å²) < 4.78 is 0. The summed E-state index contributed by atoms with van der Waals surface area (Å²) in [5.41, 5.74) is 3.21. The maximum absolute atomic E-state index is 2.45. The lowest BCUT2D eigenvalue weighted by Gasteiger charge is -2.34. The smallest absolute Gasteiger partial charge is 0.00734 e. The van der Waals surface area contributed by atoms with Crippen LogP contribution in [0.3, 0.4) is 0 Å². The van der Waals surface area contributed by atoms with E-state index in [0.717, 1.165) is 0 Å². The molecule has 1 aromatic rings. The Hall–Kier alpha value is -1.30. The predicted octanol–water partition coefficient (Wildman–Crippen LogP) is 3.81. The third-order valence-corrected chi connectivity index (χ3v) is 3.43. The molecule has 70 valence electrons. The number of allylic oxidation sites excluding steroid dienone is 4. The molecule has 2 aliphatic carbocycles. The molecule has 0 heterocycles. The van der Waals surface area contributed by atoms with E-state index in [2.05, 4.69) is 48.6 Å². The molecule has 0 aromatic heterocycles. The molecule has 2 aliphatic rings. The molecule has 0 atom stereocenters. The van der Waals surface area contributed by atoms with Crippen molar-refractivity contribution in [2.24, 2.45) is 5.41 Å². The van der Waals surface area contributed by atoms with E-state index >= 15 is 0 Å². The van der Waals surface area contributed by atoms with Crippen LogP contribution in [0.15, 0.2) is 48.6 Å². The standard InChI is InChI=1S/C14H14/c1-2-5-12(6-3-1)13-7-10-14(11-13)8-4-9-14/h1-3,5-7,10-11H,4,8-9H2. The summed E-state index contributed by atoms with van der Waals surface area (Å²) >= 11 is 0. The van der Waals surface area contributed by atoms with Gasteiger partial charge in [-0.3, -0.25) is 0 Å². The fraction of sp³-hybridized carbons (Fsp3) is 0.286. The van der Waals surface area contributed by atoms with Gasteiger partial charge in [-0.1, -0.05) is 55.0 Å². The highest BCUT2D eigenvalue weighted by Gasteiger charge is 2.34. The molecule has 1 aromatic carbocycles. The number of hydrogen-bond donors (Lipinski definition) is 0. The Bertz CT molecular complexity index is 391. The molecule has 0 N–H and O–H groups in total. The Kier molecular flexibility index (Phi) is 1.63. The molecule has 0 radical (unpaired) electrons. The van der Waals surface area contributed by atoms with Gasteiger partial charge >= 0.3 is 0 Å². The molecule has 3 rings (SSSR count). The topological polar surface area (TPSA) is 0 Å². The van der Waals surface area contributed by atoms with Crippen molar-refractivity contribution in [2.75, 3.05) is 0 Å². The van der Waals surface area contributed by atoms with Gasteiger partial charge in [0.1, 0.15) is 0 Å². The molecule has 14 heavy (non-hydrogen) atoms. The van der Waals surface area contributed by atoms with Crippen molar-refractivity contribution < 1.29 is 0 Å². The van der Waals surface area contributed by atoms with E-state index in [1.54, 1.807) is 0 Å². The monoisotopic (exact) mass is 182 g/mol. The summed E-state index contributed by atoms with van der Waals surface area (Å²) in [6, 6.07) is 10.7. The summed E-state index contributed by atoms with van der Waals surface area (Å²) in [6.45, 7) is 0. The van der Waals surface area contributed by atoms with Gasteiger partial charge in [-0.15, -0.1) is 0 Å². The van der Waals surface area contributed by atoms with Crippen molar-refractivity contribution in [1.82, 2.24) is 0 Å². The van der Waals surface area contributed by atoms with Crippen LogP contribution in [0.4, 0.5) is 0 Å². The van der Waals surface area contributed by atoms with Crippen LogP contribution >= 0.6 is 0 Å². The van der Waals surface area contributed by atoms with Crippen LogP contribution in [0.2, 0.25) is 0 Å². The molecule has 1 saturated carbocycles. The van der Waals surface area contributed by atoms with Gasteiger partial charge < -0.3 is 0 Å². The fourth-order valence-electron chi connectivity index (χ4n) is 2.37. The average molecular weight is 182 g/mol. The van der Waals surface area contributed by atoms with Gasteiger partial charge in [0.25, 0.3) is 0 Å². The van der Waals surface area contributed by atoms with Crippen molar-refractivity contribution >= 4 is 5.57 Å². The van der Waals surface area contributed by atoms with Crippen LogP contribution in [0.5, 0.6) is 0 Å². The first-order chi connectivity index (χ1) is 6.88. The Morgan fingerprint density at radius 2 is 1.79 bits per heavy atom. The van der Waals surface area contributed by atoms with Crippen LogP contribution in [-0.4, -0.2) is 0 Å². The number of rotatable bonds is 1. The Morgan fingerprint density at radius 1 is 1.00 bits per heavy atom. The second-order valence-electron chi connectivity index (χ2n) is 4.39. The SMILES string of the molecule is C1=CC2(C=C1c1ccccc1)CCC2. The fourth-order valence-corrected chi connectivity index (χ4v) is 2.37. The summed E-state index contributed by atoms with van der Waals surface area (Å²) in [5.74, 6) is 0. The van der Waals surface area contributed by atoms with E-state index in [4.69, 9.17) is 0 Å². The average Bonchev–Trinajstić information content (AvgIpc) is 2.63. The van der Waals surface area contributed by atoms with E-state index in [9.17, 15) is 0 Å². The third kappa shape index (κ3) is 1.14. The largest absolute Gasteiger partial charge is 0.0739 e. The summed E-state index contributed by atoms with van der Waals surface area (Å²) in [6.07, 6.45) is 11.2. The molecule has 0 nitrogen and oxygen atoms in total. The molecule has 0 heteroatoms. The van der Waals surface area contributed by atoms with E-state index in [1.807, 2.05) is 0 Å². The van der Waals surface area contributed by atoms with Gasteiger partial charge in [0.15, 0.2) is 0 Å². The zero-order valence-electron chi connectivity index (χ0n) is 8.24. The minimum atomic E-state index is 0.450. The molecule has 1 spiro atoms. The summed E-state index contributed by atoms with van der Waals surface area (Å²) in [7, 11) is 0. The van der Waals surface area contributed by atoms with Gasteiger partial charge in [0, 0.05) is 5.41 Å². The van der Waals surface area contributed by atoms with Gasteiger partial charge in [0.2, 0.25) is 0 Å². The maximum Gasteiger partial charge on any atom is 0.00734 e. The van der Waals surface area contributed by atoms with Crippen molar-refractivity contribution in [1.29, 1.82) is 0 Å². The predicted molar refractivity (Wildman–Crippen MR) is 59.8 cm³/mol. The molecule has 0 unspecified atom stereocenters. The molecular weight excluding hydrogens is 168 g/mol. The first kappa shape index (κ1) is 8.05. The minimum absolute atomic E-state index is 0.450. The van der Waals surface area contributed by atoms with E-state index in [1.165, 1.54) is 30.4 Å². The van der Waals surface area contributed by atoms with E-state index < -0.39 is 0 Å². The molecule has 0 saturated heterocycles. The molecular formula is C14H14. The normalized spacial score (nSPS) is 22.1. The Labute approximate surface area is 85.0 Å². The first-order valence-electron chi connectivity index (χ1n) is 5.36. The molecule has 1 fully saturated rings. The first-order valence-corrected chi connectivity index (χ1v) is 5.36. The van der Waals surface area contributed by atoms with Gasteiger partial charge in [-0.25, -0.2) is 0 Å². The van der Waals surface area contributed by atoms with Crippen molar-refractivity contribution in [3.8, 4) is 0 Å². The van der Waals surface area contributed by atoms with Crippen LogP contribution < -0.4 is 0 Å². The van der Waals surface area contributed by atoms with E-state index in [0.29, 0.717) is 5.41 Å². The molecule has 0 bridgehead atoms. The summed E-state index contributed by atoms with van der Waals surface area (Å²) in [5, 5.41) is 0. The van der Waals surface area contributed by atoms with Crippen LogP contribution in [-0.2, 0) is 0 Å². The van der Waals surface area contributed by atoms with Gasteiger partial charge in [-0.05, 0) is 24.0 Å². The van der Waals surface area contributed by atoms with E-state index in [-0.39, 0.29) is 0 Å². The van der Waals surface area contributed by atoms with Gasteiger partial charge in [-0.2, -0.15) is 0 Å². The maximum atomic E-state index is 2.45. The third-order valence-electron chi connectivity index (χ3n) is 3.43. The van der Waals surface area contributed by atoms with Gasteiger partial charge in [0.05, 0.1) is 0 Å². The zero-order valence-corrected chi connectivity index (χ0v) is 8.24. The lowest BCUT2D eigenvalue weighted by molar-refractivity contribution is 0.282. The van der Waals surface area contributed by atoms with Crippen molar-refractivity contribution in [2.45, 2.75) is 19.3 Å². The summed E-state index contributed by atoms with van der Waals surface area (Å²) in [4.78, 5) is 0. The Morgan fingerprint density at radius 3 is 2.36 bits per heavy atom. The lowest BCUT2D eigenvalue weighted by Crippen LogP contribution is -2.22. The van der Waals surface area contributed by atoms with Crippen molar-refractivity contribution in [3.05, 3.63) is 54.1 Å². The number of benzene rings is 1. The molecule has 0 aliphatic heterocycles. The van der Waals surface area contributed by atoms with Crippen molar-refractivity contribution in [3.63, 3.8) is 0 Å². The highest BCUT2D eigenvalue weighted by molar-refractivity contribution is 5.77. The van der Waals surface area contributed by atoms with Crippen LogP contribution in [0.25, 0.3) is 5.57 Å². The van der Waals surface area contributed by atoms with Crippen LogP contribution in [0, 0.1) is 5.41 Å². The zero-order chi connectivity index (χ0) is 9.43. The Balaban J connectivity index is 1.95. The quantitative estimate of drug-likeness (QED) is 0.619. The van der Waals surface area contributed by atoms with Crippen LogP contribution in [0.1, 0.15) is 24.8 Å². The lowest BCUT2D eigenvalue weighted by atomic mass is 9.70. The second kappa shape index (κ2) is 2.84. The highest BCUT2D eigenvalue weighted by Crippen LogP contribution is 2.48.